The molecular weight excluding hydrogens is 740 g/mol. The van der Waals surface area contributed by atoms with Gasteiger partial charge in [0, 0.05) is 63.6 Å². The van der Waals surface area contributed by atoms with Crippen molar-refractivity contribution in [3.05, 3.63) is 147 Å². The third-order valence-corrected chi connectivity index (χ3v) is 9.23. The van der Waals surface area contributed by atoms with Gasteiger partial charge >= 0.3 is 6.18 Å². The van der Waals surface area contributed by atoms with E-state index in [2.05, 4.69) is 39.1 Å². The number of ether oxygens (including phenoxy) is 3. The van der Waals surface area contributed by atoms with Crippen molar-refractivity contribution in [2.45, 2.75) is 32.7 Å². The van der Waals surface area contributed by atoms with Gasteiger partial charge in [0.1, 0.15) is 12.4 Å². The van der Waals surface area contributed by atoms with E-state index in [4.69, 9.17) is 37.4 Å². The fourth-order valence-electron chi connectivity index (χ4n) is 5.75. The van der Waals surface area contributed by atoms with E-state index in [1.54, 1.807) is 48.7 Å². The molecule has 0 spiro atoms. The summed E-state index contributed by atoms with van der Waals surface area (Å²) in [6.07, 6.45) is 2.73. The number of aryl methyl sites for hydroxylation is 1. The molecule has 0 radical (unpaired) electrons. The van der Waals surface area contributed by atoms with Gasteiger partial charge < -0.3 is 19.1 Å². The van der Waals surface area contributed by atoms with E-state index in [0.29, 0.717) is 52.7 Å². The molecule has 1 aliphatic rings. The molecule has 8 nitrogen and oxygen atoms in total. The summed E-state index contributed by atoms with van der Waals surface area (Å²) in [5.74, 6) is 1.63. The molecule has 6 rings (SSSR count). The summed E-state index contributed by atoms with van der Waals surface area (Å²) in [4.78, 5) is 25.6. The summed E-state index contributed by atoms with van der Waals surface area (Å²) < 4.78 is 55.7. The summed E-state index contributed by atoms with van der Waals surface area (Å²) in [5, 5.41) is 0.933. The van der Waals surface area contributed by atoms with Crippen molar-refractivity contribution in [1.82, 2.24) is 19.8 Å². The highest BCUT2D eigenvalue weighted by Crippen LogP contribution is 2.34. The summed E-state index contributed by atoms with van der Waals surface area (Å²) in [6.45, 7) is 6.10. The van der Waals surface area contributed by atoms with Gasteiger partial charge in [-0.1, -0.05) is 59.6 Å². The topological polar surface area (TPSA) is 77.0 Å². The van der Waals surface area contributed by atoms with Gasteiger partial charge in [0.05, 0.1) is 28.4 Å². The van der Waals surface area contributed by atoms with Crippen LogP contribution in [0.4, 0.5) is 13.2 Å². The molecule has 0 atom stereocenters. The lowest BCUT2D eigenvalue weighted by molar-refractivity contribution is -0.137. The van der Waals surface area contributed by atoms with E-state index in [0.717, 1.165) is 49.3 Å². The number of rotatable bonds is 13. The Kier molecular flexibility index (Phi) is 12.7. The van der Waals surface area contributed by atoms with E-state index in [9.17, 15) is 18.0 Å². The molecule has 0 saturated carbocycles. The van der Waals surface area contributed by atoms with Crippen molar-refractivity contribution in [3.63, 3.8) is 0 Å². The maximum atomic E-state index is 13.0. The lowest BCUT2D eigenvalue weighted by Crippen LogP contribution is -2.47. The monoisotopic (exact) mass is 776 g/mol. The number of carbonyl (C=O) groups excluding carboxylic acids is 1. The fourth-order valence-corrected chi connectivity index (χ4v) is 6.17. The van der Waals surface area contributed by atoms with Crippen LogP contribution in [0.15, 0.2) is 103 Å². The van der Waals surface area contributed by atoms with Gasteiger partial charge in [-0.15, -0.1) is 0 Å². The highest BCUT2D eigenvalue weighted by atomic mass is 35.5. The number of hydrogen-bond donors (Lipinski definition) is 0. The largest absolute Gasteiger partial charge is 0.487 e. The predicted molar refractivity (Wildman–Crippen MR) is 202 cm³/mol. The van der Waals surface area contributed by atoms with Crippen LogP contribution in [0.5, 0.6) is 23.3 Å². The molecule has 1 amide bonds. The minimum atomic E-state index is -4.39. The molecule has 54 heavy (non-hydrogen) atoms. The zero-order valence-corrected chi connectivity index (χ0v) is 30.9. The average molecular weight is 778 g/mol. The molecule has 3 aromatic carbocycles. The highest BCUT2D eigenvalue weighted by Gasteiger charge is 2.30. The van der Waals surface area contributed by atoms with Crippen molar-refractivity contribution in [1.29, 1.82) is 0 Å². The van der Waals surface area contributed by atoms with Crippen LogP contribution in [0.2, 0.25) is 10.0 Å². The molecule has 13 heteroatoms. The standard InChI is InChI=1S/C41H37Cl2F3N4O4/c1-28-22-32(23-36(43)40(28)54-38-14-12-35(25-48-38)53-27-31-6-9-33(10-7-31)41(44,45)46)8-15-39(51)50-19-17-49(18-20-50)26-30-4-2-29(3-5-30)16-21-52-37-13-11-34(42)24-47-37/h2-15,22-25H,16-21,26-27H2,1H3/b15-8+. The van der Waals surface area contributed by atoms with E-state index >= 15 is 0 Å². The minimum absolute atomic E-state index is 0.0612. The van der Waals surface area contributed by atoms with Gasteiger partial charge in [-0.25, -0.2) is 9.97 Å². The van der Waals surface area contributed by atoms with Crippen molar-refractivity contribution < 1.29 is 32.2 Å². The van der Waals surface area contributed by atoms with Crippen LogP contribution in [0, 0.1) is 6.92 Å². The lowest BCUT2D eigenvalue weighted by atomic mass is 10.1. The zero-order valence-electron chi connectivity index (χ0n) is 29.4. The Morgan fingerprint density at radius 2 is 1.50 bits per heavy atom. The quantitative estimate of drug-likeness (QED) is 0.110. The number of hydrogen-bond acceptors (Lipinski definition) is 7. The summed E-state index contributed by atoms with van der Waals surface area (Å²) in [5.41, 5.74) is 3.79. The number of benzene rings is 3. The van der Waals surface area contributed by atoms with Crippen LogP contribution in [0.3, 0.4) is 0 Å². The molecule has 1 fully saturated rings. The lowest BCUT2D eigenvalue weighted by Gasteiger charge is -2.34. The number of piperazine rings is 1. The van der Waals surface area contributed by atoms with Gasteiger partial charge in [-0.2, -0.15) is 13.2 Å². The molecule has 0 bridgehead atoms. The van der Waals surface area contributed by atoms with Crippen molar-refractivity contribution in [3.8, 4) is 23.3 Å². The van der Waals surface area contributed by atoms with Crippen LogP contribution >= 0.6 is 23.2 Å². The van der Waals surface area contributed by atoms with Gasteiger partial charge in [0.2, 0.25) is 17.7 Å². The normalized spacial score (nSPS) is 13.6. The molecular formula is C41H37Cl2F3N4O4. The first-order chi connectivity index (χ1) is 26.0. The number of aromatic nitrogens is 2. The third-order valence-electron chi connectivity index (χ3n) is 8.73. The molecule has 1 saturated heterocycles. The van der Waals surface area contributed by atoms with Crippen LogP contribution in [-0.4, -0.2) is 58.5 Å². The first-order valence-electron chi connectivity index (χ1n) is 17.2. The number of nitrogens with zero attached hydrogens (tertiary/aromatic N) is 4. The number of amides is 1. The Bertz CT molecular complexity index is 2010. The van der Waals surface area contributed by atoms with Gasteiger partial charge in [-0.3, -0.25) is 9.69 Å². The maximum Gasteiger partial charge on any atom is 0.416 e. The number of pyridine rings is 2. The van der Waals surface area contributed by atoms with E-state index in [-0.39, 0.29) is 18.4 Å². The van der Waals surface area contributed by atoms with Crippen LogP contribution in [0.1, 0.15) is 33.4 Å². The van der Waals surface area contributed by atoms with Gasteiger partial charge in [0.15, 0.2) is 5.75 Å². The molecule has 0 aliphatic carbocycles. The van der Waals surface area contributed by atoms with Crippen molar-refractivity contribution >= 4 is 35.2 Å². The summed E-state index contributed by atoms with van der Waals surface area (Å²) in [6, 6.07) is 23.7. The van der Waals surface area contributed by atoms with Gasteiger partial charge in [-0.05, 0) is 77.2 Å². The first kappa shape index (κ1) is 38.6. The SMILES string of the molecule is Cc1cc(/C=C/C(=O)N2CCN(Cc3ccc(CCOc4ccc(Cl)cn4)cc3)CC2)cc(Cl)c1Oc1ccc(OCc2ccc(C(F)(F)F)cc2)cn1. The molecule has 0 unspecified atom stereocenters. The second-order valence-corrected chi connectivity index (χ2v) is 13.6. The Morgan fingerprint density at radius 3 is 2.15 bits per heavy atom. The molecule has 280 valence electrons. The maximum absolute atomic E-state index is 13.0. The zero-order chi connectivity index (χ0) is 38.1. The molecule has 3 heterocycles. The first-order valence-corrected chi connectivity index (χ1v) is 18.0. The predicted octanol–water partition coefficient (Wildman–Crippen LogP) is 9.46. The van der Waals surface area contributed by atoms with E-state index in [1.165, 1.54) is 29.5 Å². The highest BCUT2D eigenvalue weighted by molar-refractivity contribution is 6.32. The number of halogens is 5. The molecule has 5 aromatic rings. The van der Waals surface area contributed by atoms with E-state index in [1.807, 2.05) is 17.9 Å². The molecule has 1 aliphatic heterocycles. The van der Waals surface area contributed by atoms with E-state index < -0.39 is 11.7 Å². The third kappa shape index (κ3) is 11.0. The molecule has 0 N–H and O–H groups in total. The van der Waals surface area contributed by atoms with Crippen LogP contribution in [-0.2, 0) is 30.5 Å². The number of carbonyl (C=O) groups is 1. The Morgan fingerprint density at radius 1 is 0.815 bits per heavy atom. The summed E-state index contributed by atoms with van der Waals surface area (Å²) in [7, 11) is 0. The minimum Gasteiger partial charge on any atom is -0.487 e. The summed E-state index contributed by atoms with van der Waals surface area (Å²) >= 11 is 12.5. The Balaban J connectivity index is 0.929. The van der Waals surface area contributed by atoms with Crippen LogP contribution < -0.4 is 14.2 Å². The Labute approximate surface area is 321 Å². The van der Waals surface area contributed by atoms with Gasteiger partial charge in [0.25, 0.3) is 0 Å². The second kappa shape index (κ2) is 17.8. The Hall–Kier alpha value is -5.10. The fraction of sp³-hybridized carbons (Fsp3) is 0.244. The van der Waals surface area contributed by atoms with Crippen LogP contribution in [0.25, 0.3) is 6.08 Å². The molecule has 2 aromatic heterocycles. The second-order valence-electron chi connectivity index (χ2n) is 12.7. The number of alkyl halides is 3. The van der Waals surface area contributed by atoms with Crippen molar-refractivity contribution in [2.24, 2.45) is 0 Å². The average Bonchev–Trinajstić information content (AvgIpc) is 3.16. The van der Waals surface area contributed by atoms with Crippen molar-refractivity contribution in [2.75, 3.05) is 32.8 Å². The smallest absolute Gasteiger partial charge is 0.416 e.